The van der Waals surface area contributed by atoms with Gasteiger partial charge in [0.25, 0.3) is 0 Å². The Morgan fingerprint density at radius 3 is 2.88 bits per heavy atom. The Morgan fingerprint density at radius 2 is 2.20 bits per heavy atom. The summed E-state index contributed by atoms with van der Waals surface area (Å²) in [6, 6.07) is 8.07. The molecule has 1 unspecified atom stereocenters. The van der Waals surface area contributed by atoms with Crippen LogP contribution >= 0.6 is 24.0 Å². The number of ether oxygens (including phenoxy) is 1. The van der Waals surface area contributed by atoms with Crippen LogP contribution in [-0.2, 0) is 6.54 Å². The van der Waals surface area contributed by atoms with Gasteiger partial charge in [-0.05, 0) is 38.5 Å². The first-order chi connectivity index (χ1) is 11.7. The first-order valence-corrected chi connectivity index (χ1v) is 8.38. The Bertz CT molecular complexity index is 630. The molecule has 1 heterocycles. The van der Waals surface area contributed by atoms with Crippen molar-refractivity contribution in [1.29, 1.82) is 0 Å². The van der Waals surface area contributed by atoms with Gasteiger partial charge in [-0.3, -0.25) is 0 Å². The predicted octanol–water partition coefficient (Wildman–Crippen LogP) is 2.83. The van der Waals surface area contributed by atoms with Gasteiger partial charge in [0.1, 0.15) is 11.9 Å². The molecule has 0 radical (unpaired) electrons. The van der Waals surface area contributed by atoms with Gasteiger partial charge in [-0.1, -0.05) is 12.1 Å². The Balaban J connectivity index is 0.00000312. The lowest BCUT2D eigenvalue weighted by Crippen LogP contribution is -2.39. The van der Waals surface area contributed by atoms with E-state index in [9.17, 15) is 0 Å². The molecule has 6 nitrogen and oxygen atoms in total. The average molecular weight is 457 g/mol. The second-order valence-corrected chi connectivity index (χ2v) is 5.69. The summed E-state index contributed by atoms with van der Waals surface area (Å²) in [5.74, 6) is 1.69. The second kappa shape index (κ2) is 11.7. The van der Waals surface area contributed by atoms with Gasteiger partial charge >= 0.3 is 0 Å². The summed E-state index contributed by atoms with van der Waals surface area (Å²) in [4.78, 5) is 8.63. The van der Waals surface area contributed by atoms with E-state index < -0.39 is 0 Å². The third-order valence-electron chi connectivity index (χ3n) is 3.40. The van der Waals surface area contributed by atoms with E-state index in [2.05, 4.69) is 40.5 Å². The molecule has 0 fully saturated rings. The summed E-state index contributed by atoms with van der Waals surface area (Å²) >= 11 is 0. The first-order valence-electron chi connectivity index (χ1n) is 8.38. The van der Waals surface area contributed by atoms with E-state index in [1.807, 2.05) is 42.2 Å². The number of guanidine groups is 1. The molecule has 7 heteroatoms. The van der Waals surface area contributed by atoms with E-state index in [-0.39, 0.29) is 30.1 Å². The third-order valence-corrected chi connectivity index (χ3v) is 3.40. The maximum Gasteiger partial charge on any atom is 0.191 e. The van der Waals surface area contributed by atoms with Crippen LogP contribution in [0.5, 0.6) is 5.75 Å². The van der Waals surface area contributed by atoms with E-state index in [0.29, 0.717) is 6.54 Å². The van der Waals surface area contributed by atoms with E-state index in [0.717, 1.165) is 31.3 Å². The summed E-state index contributed by atoms with van der Waals surface area (Å²) in [5.41, 5.74) is 1.19. The molecule has 1 atom stereocenters. The van der Waals surface area contributed by atoms with E-state index in [1.165, 1.54) is 5.56 Å². The van der Waals surface area contributed by atoms with Crippen LogP contribution in [0.15, 0.2) is 48.0 Å². The van der Waals surface area contributed by atoms with Crippen molar-refractivity contribution in [3.05, 3.63) is 48.5 Å². The number of aliphatic imine (C=N–C) groups is 1. The highest BCUT2D eigenvalue weighted by molar-refractivity contribution is 14.0. The first kappa shape index (κ1) is 21.3. The molecule has 138 valence electrons. The molecule has 0 aliphatic rings. The quantitative estimate of drug-likeness (QED) is 0.364. The number of imidazole rings is 1. The zero-order valence-electron chi connectivity index (χ0n) is 15.1. The molecule has 0 bridgehead atoms. The van der Waals surface area contributed by atoms with Gasteiger partial charge in [-0.15, -0.1) is 24.0 Å². The smallest absolute Gasteiger partial charge is 0.191 e. The molecule has 0 saturated heterocycles. The lowest BCUT2D eigenvalue weighted by molar-refractivity contribution is 0.230. The average Bonchev–Trinajstić information content (AvgIpc) is 3.06. The monoisotopic (exact) mass is 457 g/mol. The predicted molar refractivity (Wildman–Crippen MR) is 113 cm³/mol. The maximum atomic E-state index is 5.91. The minimum absolute atomic E-state index is 0. The highest BCUT2D eigenvalue weighted by Crippen LogP contribution is 2.14. The van der Waals surface area contributed by atoms with Crippen LogP contribution in [0.25, 0.3) is 0 Å². The van der Waals surface area contributed by atoms with Crippen LogP contribution < -0.4 is 15.4 Å². The Morgan fingerprint density at radius 1 is 1.36 bits per heavy atom. The fourth-order valence-electron chi connectivity index (χ4n) is 2.24. The normalized spacial score (nSPS) is 12.2. The number of halogens is 1. The number of hydrogen-bond donors (Lipinski definition) is 2. The molecular weight excluding hydrogens is 429 g/mol. The zero-order chi connectivity index (χ0) is 17.2. The van der Waals surface area contributed by atoms with Crippen molar-refractivity contribution in [2.45, 2.75) is 33.4 Å². The van der Waals surface area contributed by atoms with E-state index in [4.69, 9.17) is 4.74 Å². The molecule has 2 rings (SSSR count). The molecule has 0 saturated carbocycles. The summed E-state index contributed by atoms with van der Waals surface area (Å²) in [7, 11) is 0. The lowest BCUT2D eigenvalue weighted by atomic mass is 10.2. The van der Waals surface area contributed by atoms with Crippen LogP contribution in [0.2, 0.25) is 0 Å². The third kappa shape index (κ3) is 8.24. The highest BCUT2D eigenvalue weighted by atomic mass is 127. The molecule has 25 heavy (non-hydrogen) atoms. The molecular formula is C18H28IN5O. The van der Waals surface area contributed by atoms with Crippen LogP contribution in [-0.4, -0.2) is 41.2 Å². The van der Waals surface area contributed by atoms with E-state index >= 15 is 0 Å². The van der Waals surface area contributed by atoms with Crippen LogP contribution in [0.4, 0.5) is 0 Å². The van der Waals surface area contributed by atoms with Gasteiger partial charge in [-0.25, -0.2) is 9.98 Å². The number of hydrogen-bond acceptors (Lipinski definition) is 3. The summed E-state index contributed by atoms with van der Waals surface area (Å²) < 4.78 is 7.94. The number of nitrogens with zero attached hydrogens (tertiary/aromatic N) is 3. The Labute approximate surface area is 167 Å². The van der Waals surface area contributed by atoms with Crippen LogP contribution in [0.3, 0.4) is 0 Å². The van der Waals surface area contributed by atoms with E-state index in [1.54, 1.807) is 6.20 Å². The molecule has 1 aromatic carbocycles. The Hall–Kier alpha value is -1.77. The van der Waals surface area contributed by atoms with Crippen molar-refractivity contribution >= 4 is 29.9 Å². The highest BCUT2D eigenvalue weighted by Gasteiger charge is 2.05. The molecule has 0 aliphatic carbocycles. The topological polar surface area (TPSA) is 63.5 Å². The van der Waals surface area contributed by atoms with Gasteiger partial charge in [0, 0.05) is 32.0 Å². The van der Waals surface area contributed by atoms with Crippen molar-refractivity contribution in [3.63, 3.8) is 0 Å². The largest absolute Gasteiger partial charge is 0.489 e. The van der Waals surface area contributed by atoms with Gasteiger partial charge in [0.05, 0.1) is 12.9 Å². The molecule has 0 spiro atoms. The van der Waals surface area contributed by atoms with Gasteiger partial charge < -0.3 is 19.9 Å². The maximum absolute atomic E-state index is 5.91. The van der Waals surface area contributed by atoms with Crippen molar-refractivity contribution < 1.29 is 4.74 Å². The summed E-state index contributed by atoms with van der Waals surface area (Å²) in [5, 5.41) is 6.57. The number of aryl methyl sites for hydroxylation is 1. The molecule has 2 aromatic rings. The molecule has 1 aromatic heterocycles. The van der Waals surface area contributed by atoms with Gasteiger partial charge in [0.2, 0.25) is 0 Å². The Kier molecular flexibility index (Phi) is 9.98. The van der Waals surface area contributed by atoms with Gasteiger partial charge in [-0.2, -0.15) is 0 Å². The molecule has 0 amide bonds. The van der Waals surface area contributed by atoms with Crippen molar-refractivity contribution in [2.75, 3.05) is 19.6 Å². The summed E-state index contributed by atoms with van der Waals surface area (Å²) in [6.07, 6.45) is 5.55. The minimum Gasteiger partial charge on any atom is -0.489 e. The standard InChI is InChI=1S/C18H27N5O.HI/c1-4-20-18(21-9-11-23-10-8-19-14-23)22-13-16(3)24-17-7-5-6-15(2)12-17;/h5-8,10,12,14,16H,4,9,11,13H2,1-3H3,(H2,20,21,22);1H. The van der Waals surface area contributed by atoms with Crippen LogP contribution in [0.1, 0.15) is 19.4 Å². The number of benzene rings is 1. The lowest BCUT2D eigenvalue weighted by Gasteiger charge is -2.15. The summed E-state index contributed by atoms with van der Waals surface area (Å²) in [6.45, 7) is 9.19. The van der Waals surface area contributed by atoms with Crippen molar-refractivity contribution in [3.8, 4) is 5.75 Å². The minimum atomic E-state index is 0. The van der Waals surface area contributed by atoms with Crippen molar-refractivity contribution in [1.82, 2.24) is 20.2 Å². The second-order valence-electron chi connectivity index (χ2n) is 5.69. The van der Waals surface area contributed by atoms with Gasteiger partial charge in [0.15, 0.2) is 5.96 Å². The number of rotatable bonds is 8. The molecule has 2 N–H and O–H groups in total. The molecule has 0 aliphatic heterocycles. The van der Waals surface area contributed by atoms with Crippen molar-refractivity contribution in [2.24, 2.45) is 4.99 Å². The number of aromatic nitrogens is 2. The van der Waals surface area contributed by atoms with Crippen LogP contribution in [0, 0.1) is 6.92 Å². The fourth-order valence-corrected chi connectivity index (χ4v) is 2.24. The SMILES string of the molecule is CCNC(=NCC(C)Oc1cccc(C)c1)NCCn1ccnc1.I. The zero-order valence-corrected chi connectivity index (χ0v) is 17.4. The number of nitrogens with one attached hydrogen (secondary N) is 2. The fraction of sp³-hybridized carbons (Fsp3) is 0.444.